The van der Waals surface area contributed by atoms with E-state index in [1.54, 1.807) is 6.92 Å². The molecule has 8 heteroatoms. The van der Waals surface area contributed by atoms with Gasteiger partial charge in [-0.3, -0.25) is 4.79 Å². The van der Waals surface area contributed by atoms with Crippen LogP contribution in [0.1, 0.15) is 13.3 Å². The summed E-state index contributed by atoms with van der Waals surface area (Å²) in [7, 11) is -4.64. The molecule has 0 atom stereocenters. The average molecular weight is 187 g/mol. The first-order chi connectivity index (χ1) is 4.81. The van der Waals surface area contributed by atoms with Crippen molar-refractivity contribution >= 4 is 13.8 Å². The Kier molecular flexibility index (Phi) is 7.49. The molecule has 11 heavy (non-hydrogen) atoms. The van der Waals surface area contributed by atoms with Crippen LogP contribution in [0.5, 0.6) is 0 Å². The first kappa shape index (κ1) is 13.2. The van der Waals surface area contributed by atoms with Gasteiger partial charge >= 0.3 is 13.8 Å². The highest BCUT2D eigenvalue weighted by Crippen LogP contribution is 2.25. The highest BCUT2D eigenvalue weighted by atomic mass is 31.2. The third-order valence-electron chi connectivity index (χ3n) is 0.420. The molecule has 7 nitrogen and oxygen atoms in total. The van der Waals surface area contributed by atoms with Crippen molar-refractivity contribution in [3.8, 4) is 0 Å². The molecular weight excluding hydrogens is 177 g/mol. The van der Waals surface area contributed by atoms with E-state index in [4.69, 9.17) is 19.2 Å². The molecule has 0 aliphatic heterocycles. The summed E-state index contributed by atoms with van der Waals surface area (Å²) in [6.07, 6.45) is 0.344. The number of rotatable bonds is 1. The zero-order valence-corrected chi connectivity index (χ0v) is 6.69. The first-order valence-electron chi connectivity index (χ1n) is 2.49. The predicted molar refractivity (Wildman–Crippen MR) is 34.8 cm³/mol. The summed E-state index contributed by atoms with van der Waals surface area (Å²) in [6.45, 7) is 1.68. The molecule has 68 valence electrons. The van der Waals surface area contributed by atoms with Crippen LogP contribution in [0.3, 0.4) is 0 Å². The quantitative estimate of drug-likeness (QED) is 0.302. The number of carbonyl (C=O) groups is 1. The molecule has 0 spiro atoms. The van der Waals surface area contributed by atoms with E-state index in [0.29, 0.717) is 6.42 Å². The Morgan fingerprint density at radius 1 is 1.55 bits per heavy atom. The van der Waals surface area contributed by atoms with Gasteiger partial charge in [-0.25, -0.2) is 4.57 Å². The minimum atomic E-state index is -4.64. The lowest BCUT2D eigenvalue weighted by atomic mass is 10.5. The van der Waals surface area contributed by atoms with Crippen LogP contribution in [-0.4, -0.2) is 20.6 Å². The number of nitrogens with two attached hydrogens (primary N) is 1. The summed E-state index contributed by atoms with van der Waals surface area (Å²) in [6, 6.07) is 0. The van der Waals surface area contributed by atoms with Crippen molar-refractivity contribution < 1.29 is 28.9 Å². The zero-order valence-electron chi connectivity index (χ0n) is 5.80. The number of phosphoric acid groups is 1. The molecule has 0 fully saturated rings. The van der Waals surface area contributed by atoms with Crippen molar-refractivity contribution in [3.63, 3.8) is 0 Å². The van der Waals surface area contributed by atoms with E-state index in [1.165, 1.54) is 0 Å². The van der Waals surface area contributed by atoms with Crippen LogP contribution in [0, 0.1) is 0 Å². The molecule has 0 aliphatic carbocycles. The van der Waals surface area contributed by atoms with E-state index < -0.39 is 7.82 Å². The van der Waals surface area contributed by atoms with Gasteiger partial charge in [0.1, 0.15) is 0 Å². The second-order valence-electron chi connectivity index (χ2n) is 1.36. The number of hydrogen-bond donors (Lipinski definition) is 4. The maximum absolute atomic E-state index is 9.83. The third kappa shape index (κ3) is 43.3. The van der Waals surface area contributed by atoms with E-state index >= 15 is 0 Å². The van der Waals surface area contributed by atoms with Gasteiger partial charge in [0.05, 0.1) is 0 Å². The van der Waals surface area contributed by atoms with Gasteiger partial charge in [-0.15, -0.1) is 0 Å². The van der Waals surface area contributed by atoms with E-state index in [2.05, 4.69) is 10.7 Å². The Morgan fingerprint density at radius 3 is 1.82 bits per heavy atom. The Morgan fingerprint density at radius 2 is 1.82 bits per heavy atom. The minimum Gasteiger partial charge on any atom is -0.373 e. The lowest BCUT2D eigenvalue weighted by Gasteiger charge is -1.85. The fraction of sp³-hybridized carbons (Fsp3) is 0.667. The molecule has 5 N–H and O–H groups in total. The molecule has 0 aromatic heterocycles. The predicted octanol–water partition coefficient (Wildman–Crippen LogP) is -1.12. The summed E-state index contributed by atoms with van der Waals surface area (Å²) in [5.41, 5.74) is 0. The SMILES string of the molecule is CCC(=O)ON.O=P(O)(O)O. The third-order valence-corrected chi connectivity index (χ3v) is 0.420. The maximum atomic E-state index is 9.83. The van der Waals surface area contributed by atoms with E-state index in [1.807, 2.05) is 0 Å². The fourth-order valence-corrected chi connectivity index (χ4v) is 0.0833. The highest BCUT2D eigenvalue weighted by Gasteiger charge is 2.00. The van der Waals surface area contributed by atoms with Crippen molar-refractivity contribution in [1.29, 1.82) is 0 Å². The fourth-order valence-electron chi connectivity index (χ4n) is 0.0833. The van der Waals surface area contributed by atoms with Crippen LogP contribution in [0.15, 0.2) is 0 Å². The normalized spacial score (nSPS) is 9.55. The summed E-state index contributed by atoms with van der Waals surface area (Å²) < 4.78 is 8.88. The lowest BCUT2D eigenvalue weighted by molar-refractivity contribution is -0.143. The monoisotopic (exact) mass is 187 g/mol. The Bertz CT molecular complexity index is 138. The van der Waals surface area contributed by atoms with Crippen molar-refractivity contribution in [1.82, 2.24) is 0 Å². The van der Waals surface area contributed by atoms with Gasteiger partial charge in [-0.1, -0.05) is 6.92 Å². The van der Waals surface area contributed by atoms with E-state index in [0.717, 1.165) is 0 Å². The Balaban J connectivity index is 0. The minimum absolute atomic E-state index is 0.344. The smallest absolute Gasteiger partial charge is 0.373 e. The first-order valence-corrected chi connectivity index (χ1v) is 4.05. The molecule has 0 radical (unpaired) electrons. The Labute approximate surface area is 63.0 Å². The average Bonchev–Trinajstić information content (AvgIpc) is 1.83. The molecule has 0 saturated carbocycles. The summed E-state index contributed by atoms with van der Waals surface area (Å²) >= 11 is 0. The summed E-state index contributed by atoms with van der Waals surface area (Å²) in [5, 5.41) is 0. The second-order valence-corrected chi connectivity index (χ2v) is 2.38. The molecule has 0 rings (SSSR count). The standard InChI is InChI=1S/C3H7NO2.H3O4P/c1-2-3(5)6-4;1-5(2,3)4/h2,4H2,1H3;(H3,1,2,3,4). The van der Waals surface area contributed by atoms with Crippen LogP contribution in [0.2, 0.25) is 0 Å². The van der Waals surface area contributed by atoms with Gasteiger partial charge in [-0.05, 0) is 0 Å². The topological polar surface area (TPSA) is 130 Å². The highest BCUT2D eigenvalue weighted by molar-refractivity contribution is 7.45. The molecule has 0 aliphatic rings. The summed E-state index contributed by atoms with van der Waals surface area (Å²) in [5.74, 6) is 4.05. The van der Waals surface area contributed by atoms with Crippen LogP contribution < -0.4 is 5.90 Å². The van der Waals surface area contributed by atoms with Gasteiger partial charge in [0.15, 0.2) is 0 Å². The van der Waals surface area contributed by atoms with Crippen LogP contribution in [-0.2, 0) is 14.2 Å². The number of carbonyl (C=O) groups excluding carboxylic acids is 1. The Hall–Kier alpha value is -0.460. The summed E-state index contributed by atoms with van der Waals surface area (Å²) in [4.78, 5) is 35.2. The largest absolute Gasteiger partial charge is 0.466 e. The van der Waals surface area contributed by atoms with Gasteiger partial charge in [0, 0.05) is 6.42 Å². The maximum Gasteiger partial charge on any atom is 0.466 e. The lowest BCUT2D eigenvalue weighted by Crippen LogP contribution is -2.07. The van der Waals surface area contributed by atoms with Crippen molar-refractivity contribution in [2.75, 3.05) is 0 Å². The van der Waals surface area contributed by atoms with Crippen LogP contribution in [0.25, 0.3) is 0 Å². The molecule has 0 amide bonds. The van der Waals surface area contributed by atoms with Gasteiger partial charge < -0.3 is 19.5 Å². The van der Waals surface area contributed by atoms with Gasteiger partial charge in [0.25, 0.3) is 0 Å². The zero-order chi connectivity index (χ0) is 9.49. The number of hydrogen-bond acceptors (Lipinski definition) is 4. The molecule has 0 unspecified atom stereocenters. The van der Waals surface area contributed by atoms with Crippen LogP contribution >= 0.6 is 7.82 Å². The second kappa shape index (κ2) is 6.26. The van der Waals surface area contributed by atoms with Gasteiger partial charge in [0.2, 0.25) is 0 Å². The molecule has 0 saturated heterocycles. The molecule has 0 bridgehead atoms. The van der Waals surface area contributed by atoms with Crippen molar-refractivity contribution in [2.45, 2.75) is 13.3 Å². The van der Waals surface area contributed by atoms with Crippen molar-refractivity contribution in [2.24, 2.45) is 5.90 Å². The van der Waals surface area contributed by atoms with E-state index in [-0.39, 0.29) is 5.97 Å². The van der Waals surface area contributed by atoms with Gasteiger partial charge in [-0.2, -0.15) is 5.90 Å². The molecular formula is C3H10NO6P. The molecule has 0 aromatic carbocycles. The molecule has 0 heterocycles. The van der Waals surface area contributed by atoms with Crippen LogP contribution in [0.4, 0.5) is 0 Å². The van der Waals surface area contributed by atoms with E-state index in [9.17, 15) is 4.79 Å². The van der Waals surface area contributed by atoms with Crippen molar-refractivity contribution in [3.05, 3.63) is 0 Å². The molecule has 0 aromatic rings.